The lowest BCUT2D eigenvalue weighted by Crippen LogP contribution is -2.14. The van der Waals surface area contributed by atoms with E-state index in [1.807, 2.05) is 23.7 Å². The lowest BCUT2D eigenvalue weighted by atomic mass is 10.0. The first-order chi connectivity index (χ1) is 12.0. The van der Waals surface area contributed by atoms with Gasteiger partial charge in [-0.05, 0) is 41.2 Å². The molecule has 25 heavy (non-hydrogen) atoms. The summed E-state index contributed by atoms with van der Waals surface area (Å²) in [5, 5.41) is 0. The van der Waals surface area contributed by atoms with E-state index in [0.29, 0.717) is 12.3 Å². The summed E-state index contributed by atoms with van der Waals surface area (Å²) in [5.41, 5.74) is 4.72. The number of hydrogen-bond acceptors (Lipinski definition) is 2. The van der Waals surface area contributed by atoms with Crippen molar-refractivity contribution in [3.05, 3.63) is 64.0 Å². The molecule has 0 radical (unpaired) electrons. The molecule has 0 spiro atoms. The second-order valence-electron chi connectivity index (χ2n) is 6.68. The van der Waals surface area contributed by atoms with Crippen molar-refractivity contribution in [3.8, 4) is 0 Å². The van der Waals surface area contributed by atoms with E-state index in [-0.39, 0.29) is 5.91 Å². The first-order valence-corrected chi connectivity index (χ1v) is 9.54. The summed E-state index contributed by atoms with van der Waals surface area (Å²) in [6.07, 6.45) is 1.35. The van der Waals surface area contributed by atoms with Gasteiger partial charge in [0.15, 0.2) is 4.80 Å². The van der Waals surface area contributed by atoms with Gasteiger partial charge >= 0.3 is 0 Å². The van der Waals surface area contributed by atoms with E-state index in [1.54, 1.807) is 11.3 Å². The molecule has 3 aromatic rings. The van der Waals surface area contributed by atoms with Gasteiger partial charge in [0.05, 0.1) is 16.6 Å². The van der Waals surface area contributed by atoms with Crippen LogP contribution in [0.25, 0.3) is 10.2 Å². The summed E-state index contributed by atoms with van der Waals surface area (Å²) in [7, 11) is 1.97. The molecular formula is C21H24N2OS. The van der Waals surface area contributed by atoms with E-state index in [2.05, 4.69) is 56.1 Å². The van der Waals surface area contributed by atoms with E-state index >= 15 is 0 Å². The number of carbonyl (C=O) groups excluding carboxylic acids is 1. The van der Waals surface area contributed by atoms with Gasteiger partial charge < -0.3 is 4.57 Å². The standard InChI is InChI=1S/C21H24N2OS/c1-5-15-8-11-18-19(12-15)25-21(23(18)4)22-20(24)13-16-6-9-17(10-7-16)14(2)3/h6-12,14H,5,13H2,1-4H3. The fourth-order valence-electron chi connectivity index (χ4n) is 2.85. The van der Waals surface area contributed by atoms with E-state index in [0.717, 1.165) is 22.3 Å². The molecule has 130 valence electrons. The first kappa shape index (κ1) is 17.6. The van der Waals surface area contributed by atoms with Crippen molar-refractivity contribution in [3.63, 3.8) is 0 Å². The molecule has 1 amide bonds. The van der Waals surface area contributed by atoms with Crippen LogP contribution in [-0.2, 0) is 24.7 Å². The van der Waals surface area contributed by atoms with Crippen molar-refractivity contribution >= 4 is 27.5 Å². The number of fused-ring (bicyclic) bond motifs is 1. The summed E-state index contributed by atoms with van der Waals surface area (Å²) in [4.78, 5) is 17.5. The molecule has 0 atom stereocenters. The number of amides is 1. The van der Waals surface area contributed by atoms with Gasteiger partial charge in [0.25, 0.3) is 5.91 Å². The van der Waals surface area contributed by atoms with Crippen LogP contribution in [0.15, 0.2) is 47.5 Å². The number of aryl methyl sites for hydroxylation is 2. The summed E-state index contributed by atoms with van der Waals surface area (Å²) in [6, 6.07) is 14.7. The van der Waals surface area contributed by atoms with Crippen molar-refractivity contribution in [2.75, 3.05) is 0 Å². The molecule has 4 heteroatoms. The zero-order chi connectivity index (χ0) is 18.0. The molecular weight excluding hydrogens is 328 g/mol. The lowest BCUT2D eigenvalue weighted by molar-refractivity contribution is -0.117. The summed E-state index contributed by atoms with van der Waals surface area (Å²) in [6.45, 7) is 6.48. The second-order valence-corrected chi connectivity index (χ2v) is 7.69. The molecule has 0 N–H and O–H groups in total. The molecule has 3 rings (SSSR count). The van der Waals surface area contributed by atoms with Gasteiger partial charge in [-0.2, -0.15) is 4.99 Å². The molecule has 0 saturated heterocycles. The maximum atomic E-state index is 12.4. The minimum absolute atomic E-state index is 0.102. The number of thiazole rings is 1. The van der Waals surface area contributed by atoms with Gasteiger partial charge in [0, 0.05) is 7.05 Å². The fraction of sp³-hybridized carbons (Fsp3) is 0.333. The Labute approximate surface area is 152 Å². The van der Waals surface area contributed by atoms with Gasteiger partial charge in [-0.1, -0.05) is 62.4 Å². The van der Waals surface area contributed by atoms with Gasteiger partial charge in [0.1, 0.15) is 0 Å². The SMILES string of the molecule is CCc1ccc2c(c1)sc(=NC(=O)Cc1ccc(C(C)C)cc1)n2C. The zero-order valence-electron chi connectivity index (χ0n) is 15.2. The van der Waals surface area contributed by atoms with E-state index in [9.17, 15) is 4.79 Å². The van der Waals surface area contributed by atoms with Crippen LogP contribution in [0.2, 0.25) is 0 Å². The largest absolute Gasteiger partial charge is 0.319 e. The third-order valence-corrected chi connectivity index (χ3v) is 5.60. The second kappa shape index (κ2) is 7.36. The van der Waals surface area contributed by atoms with Gasteiger partial charge in [-0.25, -0.2) is 0 Å². The normalized spacial score (nSPS) is 12.3. The Morgan fingerprint density at radius 3 is 2.44 bits per heavy atom. The molecule has 0 aliphatic carbocycles. The van der Waals surface area contributed by atoms with Gasteiger partial charge in [-0.3, -0.25) is 4.79 Å². The maximum absolute atomic E-state index is 12.4. The fourth-order valence-corrected chi connectivity index (χ4v) is 3.95. The lowest BCUT2D eigenvalue weighted by Gasteiger charge is -2.05. The topological polar surface area (TPSA) is 34.4 Å². The van der Waals surface area contributed by atoms with Crippen molar-refractivity contribution in [2.45, 2.75) is 39.5 Å². The number of nitrogens with zero attached hydrogens (tertiary/aromatic N) is 2. The molecule has 1 heterocycles. The minimum Gasteiger partial charge on any atom is -0.319 e. The Morgan fingerprint density at radius 2 is 1.80 bits per heavy atom. The molecule has 1 aromatic heterocycles. The number of rotatable bonds is 4. The number of aromatic nitrogens is 1. The Hall–Kier alpha value is -2.20. The quantitative estimate of drug-likeness (QED) is 0.676. The highest BCUT2D eigenvalue weighted by Crippen LogP contribution is 2.19. The predicted octanol–water partition coefficient (Wildman–Crippen LogP) is 4.60. The molecule has 0 bridgehead atoms. The Balaban J connectivity index is 1.85. The Morgan fingerprint density at radius 1 is 1.12 bits per heavy atom. The van der Waals surface area contributed by atoms with Crippen LogP contribution in [0.1, 0.15) is 43.4 Å². The van der Waals surface area contributed by atoms with Crippen molar-refractivity contribution < 1.29 is 4.79 Å². The van der Waals surface area contributed by atoms with Crippen LogP contribution in [0, 0.1) is 0 Å². The molecule has 2 aromatic carbocycles. The predicted molar refractivity (Wildman–Crippen MR) is 105 cm³/mol. The van der Waals surface area contributed by atoms with Crippen LogP contribution in [0.4, 0.5) is 0 Å². The highest BCUT2D eigenvalue weighted by molar-refractivity contribution is 7.16. The van der Waals surface area contributed by atoms with Crippen LogP contribution >= 0.6 is 11.3 Å². The van der Waals surface area contributed by atoms with E-state index in [1.165, 1.54) is 15.8 Å². The molecule has 0 saturated carbocycles. The van der Waals surface area contributed by atoms with Crippen molar-refractivity contribution in [2.24, 2.45) is 12.0 Å². The van der Waals surface area contributed by atoms with Crippen molar-refractivity contribution in [1.29, 1.82) is 0 Å². The number of carbonyl (C=O) groups is 1. The minimum atomic E-state index is -0.102. The average molecular weight is 353 g/mol. The smallest absolute Gasteiger partial charge is 0.252 e. The molecule has 0 aliphatic rings. The van der Waals surface area contributed by atoms with Crippen LogP contribution < -0.4 is 4.80 Å². The first-order valence-electron chi connectivity index (χ1n) is 8.72. The number of hydrogen-bond donors (Lipinski definition) is 0. The third kappa shape index (κ3) is 3.90. The highest BCUT2D eigenvalue weighted by Gasteiger charge is 2.07. The third-order valence-electron chi connectivity index (χ3n) is 4.50. The van der Waals surface area contributed by atoms with Crippen LogP contribution in [0.5, 0.6) is 0 Å². The van der Waals surface area contributed by atoms with Gasteiger partial charge in [-0.15, -0.1) is 0 Å². The van der Waals surface area contributed by atoms with E-state index < -0.39 is 0 Å². The van der Waals surface area contributed by atoms with Crippen LogP contribution in [0.3, 0.4) is 0 Å². The summed E-state index contributed by atoms with van der Waals surface area (Å²) < 4.78 is 3.17. The monoisotopic (exact) mass is 352 g/mol. The highest BCUT2D eigenvalue weighted by atomic mass is 32.1. The molecule has 0 fully saturated rings. The Kier molecular flexibility index (Phi) is 5.19. The maximum Gasteiger partial charge on any atom is 0.252 e. The Bertz CT molecular complexity index is 962. The zero-order valence-corrected chi connectivity index (χ0v) is 16.1. The van der Waals surface area contributed by atoms with Crippen LogP contribution in [-0.4, -0.2) is 10.5 Å². The van der Waals surface area contributed by atoms with E-state index in [4.69, 9.17) is 0 Å². The number of benzene rings is 2. The molecule has 0 unspecified atom stereocenters. The summed E-state index contributed by atoms with van der Waals surface area (Å²) in [5.74, 6) is 0.398. The molecule has 3 nitrogen and oxygen atoms in total. The van der Waals surface area contributed by atoms with Gasteiger partial charge in [0.2, 0.25) is 0 Å². The molecule has 0 aliphatic heterocycles. The van der Waals surface area contributed by atoms with Crippen molar-refractivity contribution in [1.82, 2.24) is 4.57 Å². The summed E-state index contributed by atoms with van der Waals surface area (Å²) >= 11 is 1.57. The average Bonchev–Trinajstić information content (AvgIpc) is 2.90.